The number of benzene rings is 2. The van der Waals surface area contributed by atoms with Crippen molar-refractivity contribution in [1.82, 2.24) is 15.6 Å². The maximum absolute atomic E-state index is 13.6. The zero-order valence-electron chi connectivity index (χ0n) is 20.0. The summed E-state index contributed by atoms with van der Waals surface area (Å²) in [6, 6.07) is 13.0. The van der Waals surface area contributed by atoms with Crippen LogP contribution in [0.15, 0.2) is 54.7 Å². The molecule has 0 bridgehead atoms. The van der Waals surface area contributed by atoms with Crippen molar-refractivity contribution < 1.29 is 18.7 Å². The Hall–Kier alpha value is -3.16. The average Bonchev–Trinajstić information content (AvgIpc) is 2.81. The summed E-state index contributed by atoms with van der Waals surface area (Å²) in [6.07, 6.45) is 3.90. The van der Waals surface area contributed by atoms with Crippen molar-refractivity contribution in [3.05, 3.63) is 88.6 Å². The minimum absolute atomic E-state index is 0.0435. The fourth-order valence-electron chi connectivity index (χ4n) is 4.88. The molecule has 1 aliphatic carbocycles. The Balaban J connectivity index is 1.49. The number of aryl methyl sites for hydroxylation is 2. The highest BCUT2D eigenvalue weighted by molar-refractivity contribution is 5.73. The first-order valence-electron chi connectivity index (χ1n) is 12.0. The van der Waals surface area contributed by atoms with E-state index >= 15 is 0 Å². The molecule has 0 saturated heterocycles. The first-order chi connectivity index (χ1) is 16.8. The predicted molar refractivity (Wildman–Crippen MR) is 132 cm³/mol. The van der Waals surface area contributed by atoms with E-state index in [0.29, 0.717) is 5.56 Å². The van der Waals surface area contributed by atoms with Crippen molar-refractivity contribution in [1.29, 1.82) is 0 Å². The lowest BCUT2D eigenvalue weighted by molar-refractivity contribution is -0.120. The number of aliphatic hydroxyl groups is 1. The molecule has 3 atom stereocenters. The Morgan fingerprint density at radius 1 is 1.17 bits per heavy atom. The van der Waals surface area contributed by atoms with Gasteiger partial charge in [0.2, 0.25) is 5.91 Å². The van der Waals surface area contributed by atoms with Gasteiger partial charge in [0.1, 0.15) is 11.6 Å². The molecule has 7 heteroatoms. The van der Waals surface area contributed by atoms with E-state index < -0.39 is 23.8 Å². The summed E-state index contributed by atoms with van der Waals surface area (Å²) in [6.45, 7) is 3.62. The van der Waals surface area contributed by atoms with Crippen LogP contribution in [0.4, 0.5) is 8.78 Å². The lowest BCUT2D eigenvalue weighted by Gasteiger charge is -2.30. The van der Waals surface area contributed by atoms with Crippen LogP contribution in [0, 0.1) is 18.6 Å². The van der Waals surface area contributed by atoms with Gasteiger partial charge in [-0.05, 0) is 79.1 Å². The van der Waals surface area contributed by atoms with Crippen LogP contribution < -0.4 is 10.6 Å². The maximum Gasteiger partial charge on any atom is 0.217 e. The van der Waals surface area contributed by atoms with Crippen LogP contribution in [0.1, 0.15) is 48.1 Å². The van der Waals surface area contributed by atoms with Crippen LogP contribution in [0.5, 0.6) is 0 Å². The third-order valence-corrected chi connectivity index (χ3v) is 6.55. The molecule has 35 heavy (non-hydrogen) atoms. The SMILES string of the molecule is CC(=O)N[C@@H](Cc1cc(F)cc(F)c1)[C@@H](O)CNC1CCCc2ccc(-c3ncccc3C)cc21. The molecule has 1 aliphatic rings. The molecule has 1 amide bonds. The Morgan fingerprint density at radius 3 is 2.66 bits per heavy atom. The lowest BCUT2D eigenvalue weighted by atomic mass is 9.85. The van der Waals surface area contributed by atoms with E-state index in [0.717, 1.165) is 42.1 Å². The minimum atomic E-state index is -0.947. The van der Waals surface area contributed by atoms with Gasteiger partial charge in [0.15, 0.2) is 0 Å². The smallest absolute Gasteiger partial charge is 0.217 e. The fourth-order valence-corrected chi connectivity index (χ4v) is 4.88. The van der Waals surface area contributed by atoms with Crippen molar-refractivity contribution in [3.8, 4) is 11.3 Å². The monoisotopic (exact) mass is 479 g/mol. The molecule has 0 saturated carbocycles. The zero-order valence-corrected chi connectivity index (χ0v) is 20.0. The van der Waals surface area contributed by atoms with Gasteiger partial charge in [-0.15, -0.1) is 0 Å². The summed E-state index contributed by atoms with van der Waals surface area (Å²) in [4.78, 5) is 16.3. The van der Waals surface area contributed by atoms with Crippen LogP contribution in [0.25, 0.3) is 11.3 Å². The number of carbonyl (C=O) groups is 1. The number of fused-ring (bicyclic) bond motifs is 1. The molecule has 0 fully saturated rings. The lowest BCUT2D eigenvalue weighted by Crippen LogP contribution is -2.48. The van der Waals surface area contributed by atoms with Crippen molar-refractivity contribution in [2.24, 2.45) is 0 Å². The molecule has 2 aromatic carbocycles. The molecule has 1 unspecified atom stereocenters. The molecule has 0 radical (unpaired) electrons. The molecular formula is C28H31F2N3O2. The molecule has 3 N–H and O–H groups in total. The van der Waals surface area contributed by atoms with E-state index in [2.05, 4.69) is 33.8 Å². The first kappa shape index (κ1) is 24.9. The second-order valence-electron chi connectivity index (χ2n) is 9.29. The first-order valence-corrected chi connectivity index (χ1v) is 12.0. The highest BCUT2D eigenvalue weighted by Gasteiger charge is 2.25. The third-order valence-electron chi connectivity index (χ3n) is 6.55. The Morgan fingerprint density at radius 2 is 1.94 bits per heavy atom. The fraction of sp³-hybridized carbons (Fsp3) is 0.357. The van der Waals surface area contributed by atoms with Gasteiger partial charge in [0.25, 0.3) is 0 Å². The number of nitrogens with one attached hydrogen (secondary N) is 2. The van der Waals surface area contributed by atoms with Gasteiger partial charge in [-0.3, -0.25) is 9.78 Å². The van der Waals surface area contributed by atoms with Gasteiger partial charge in [0, 0.05) is 37.3 Å². The number of pyridine rings is 1. The largest absolute Gasteiger partial charge is 0.390 e. The molecule has 0 spiro atoms. The van der Waals surface area contributed by atoms with E-state index in [1.54, 1.807) is 6.20 Å². The van der Waals surface area contributed by atoms with Crippen molar-refractivity contribution in [2.75, 3.05) is 6.54 Å². The number of rotatable bonds is 8. The number of hydrogen-bond acceptors (Lipinski definition) is 4. The van der Waals surface area contributed by atoms with Gasteiger partial charge < -0.3 is 15.7 Å². The van der Waals surface area contributed by atoms with Crippen LogP contribution in [0.3, 0.4) is 0 Å². The normalized spacial score (nSPS) is 16.9. The van der Waals surface area contributed by atoms with Gasteiger partial charge in [-0.1, -0.05) is 18.2 Å². The van der Waals surface area contributed by atoms with Crippen molar-refractivity contribution in [2.45, 2.75) is 57.7 Å². The van der Waals surface area contributed by atoms with Gasteiger partial charge in [-0.2, -0.15) is 0 Å². The molecule has 5 nitrogen and oxygen atoms in total. The van der Waals surface area contributed by atoms with Gasteiger partial charge in [-0.25, -0.2) is 8.78 Å². The number of halogens is 2. The molecule has 0 aliphatic heterocycles. The molecule has 1 heterocycles. The number of aliphatic hydroxyl groups excluding tert-OH is 1. The predicted octanol–water partition coefficient (Wildman–Crippen LogP) is 4.41. The van der Waals surface area contributed by atoms with Crippen LogP contribution in [-0.2, 0) is 17.6 Å². The molecular weight excluding hydrogens is 448 g/mol. The Labute approximate surface area is 204 Å². The van der Waals surface area contributed by atoms with Crippen molar-refractivity contribution in [3.63, 3.8) is 0 Å². The van der Waals surface area contributed by atoms with Gasteiger partial charge in [0.05, 0.1) is 17.8 Å². The average molecular weight is 480 g/mol. The second kappa shape index (κ2) is 11.1. The van der Waals surface area contributed by atoms with E-state index in [1.807, 2.05) is 19.1 Å². The summed E-state index contributed by atoms with van der Waals surface area (Å²) >= 11 is 0. The van der Waals surface area contributed by atoms with E-state index in [4.69, 9.17) is 0 Å². The minimum Gasteiger partial charge on any atom is -0.390 e. The standard InChI is InChI=1S/C28H31F2N3O2/c1-17-5-4-10-31-28(17)21-9-8-20-6-3-7-25(24(20)14-21)32-16-27(35)26(33-18(2)34)13-19-11-22(29)15-23(30)12-19/h4-5,8-12,14-15,25-27,32,35H,3,6-7,13,16H2,1-2H3,(H,33,34)/t25?,26-,27-/m0/s1. The van der Waals surface area contributed by atoms with E-state index in [1.165, 1.54) is 30.2 Å². The molecule has 1 aromatic heterocycles. The number of carbonyl (C=O) groups excluding carboxylic acids is 1. The number of nitrogens with zero attached hydrogens (tertiary/aromatic N) is 1. The number of aromatic nitrogens is 1. The Bertz CT molecular complexity index is 1180. The number of hydrogen-bond donors (Lipinski definition) is 3. The molecule has 4 rings (SSSR count). The second-order valence-corrected chi connectivity index (χ2v) is 9.29. The van der Waals surface area contributed by atoms with Crippen LogP contribution in [-0.4, -0.2) is 34.7 Å². The topological polar surface area (TPSA) is 74.2 Å². The summed E-state index contributed by atoms with van der Waals surface area (Å²) in [5.74, 6) is -1.69. The highest BCUT2D eigenvalue weighted by Crippen LogP contribution is 2.33. The summed E-state index contributed by atoms with van der Waals surface area (Å²) < 4.78 is 27.3. The zero-order chi connectivity index (χ0) is 24.9. The summed E-state index contributed by atoms with van der Waals surface area (Å²) in [5.41, 5.74) is 5.95. The van der Waals surface area contributed by atoms with Crippen LogP contribution in [0.2, 0.25) is 0 Å². The third kappa shape index (κ3) is 6.29. The highest BCUT2D eigenvalue weighted by atomic mass is 19.1. The van der Waals surface area contributed by atoms with Gasteiger partial charge >= 0.3 is 0 Å². The maximum atomic E-state index is 13.6. The van der Waals surface area contributed by atoms with Crippen LogP contribution >= 0.6 is 0 Å². The Kier molecular flexibility index (Phi) is 7.88. The molecule has 3 aromatic rings. The molecule has 184 valence electrons. The van der Waals surface area contributed by atoms with E-state index in [9.17, 15) is 18.7 Å². The van der Waals surface area contributed by atoms with E-state index in [-0.39, 0.29) is 24.9 Å². The summed E-state index contributed by atoms with van der Waals surface area (Å²) in [7, 11) is 0. The quantitative estimate of drug-likeness (QED) is 0.448. The number of amides is 1. The summed E-state index contributed by atoms with van der Waals surface area (Å²) in [5, 5.41) is 17.1. The van der Waals surface area contributed by atoms with Crippen molar-refractivity contribution >= 4 is 5.91 Å².